The van der Waals surface area contributed by atoms with Crippen LogP contribution in [0, 0.1) is 19.7 Å². The molecular formula is C17H16FN5O3S2. The molecule has 0 aliphatic heterocycles. The number of halogens is 1. The predicted molar refractivity (Wildman–Crippen MR) is 101 cm³/mol. The molecule has 0 radical (unpaired) electrons. The second-order valence-corrected chi connectivity index (χ2v) is 8.71. The van der Waals surface area contributed by atoms with Crippen molar-refractivity contribution in [3.8, 4) is 11.4 Å². The van der Waals surface area contributed by atoms with Gasteiger partial charge in [-0.2, -0.15) is 4.98 Å². The molecule has 3 heterocycles. The van der Waals surface area contributed by atoms with Gasteiger partial charge >= 0.3 is 0 Å². The van der Waals surface area contributed by atoms with Crippen LogP contribution in [-0.4, -0.2) is 34.7 Å². The molecule has 0 atom stereocenters. The van der Waals surface area contributed by atoms with E-state index in [0.717, 1.165) is 5.69 Å². The SMILES string of the molecule is Cc1noc(C)c1S(=O)(=O)NCCc1csc2nc(-c3cccc(F)c3)nn12. The Morgan fingerprint density at radius 2 is 2.14 bits per heavy atom. The van der Waals surface area contributed by atoms with Gasteiger partial charge in [-0.25, -0.2) is 22.0 Å². The molecule has 3 aromatic heterocycles. The summed E-state index contributed by atoms with van der Waals surface area (Å²) in [6.45, 7) is 3.31. The van der Waals surface area contributed by atoms with Crippen LogP contribution in [0.2, 0.25) is 0 Å². The average Bonchev–Trinajstić information content (AvgIpc) is 3.30. The normalized spacial score (nSPS) is 12.1. The number of sulfonamides is 1. The van der Waals surface area contributed by atoms with Gasteiger partial charge in [0.15, 0.2) is 11.6 Å². The molecule has 1 aromatic carbocycles. The number of nitrogens with one attached hydrogen (secondary N) is 1. The molecule has 0 unspecified atom stereocenters. The van der Waals surface area contributed by atoms with Crippen molar-refractivity contribution >= 4 is 26.3 Å². The Labute approximate surface area is 164 Å². The molecule has 146 valence electrons. The molecule has 0 bridgehead atoms. The summed E-state index contributed by atoms with van der Waals surface area (Å²) in [5.74, 6) is 0.312. The fraction of sp³-hybridized carbons (Fsp3) is 0.235. The summed E-state index contributed by atoms with van der Waals surface area (Å²) in [5.41, 5.74) is 1.71. The van der Waals surface area contributed by atoms with E-state index in [4.69, 9.17) is 4.52 Å². The number of rotatable bonds is 6. The van der Waals surface area contributed by atoms with Gasteiger partial charge in [0.05, 0.1) is 5.69 Å². The summed E-state index contributed by atoms with van der Waals surface area (Å²) in [7, 11) is -3.72. The number of benzene rings is 1. The number of fused-ring (bicyclic) bond motifs is 1. The molecule has 0 saturated heterocycles. The van der Waals surface area contributed by atoms with Gasteiger partial charge in [0, 0.05) is 23.9 Å². The number of aryl methyl sites for hydroxylation is 2. The molecule has 0 aliphatic carbocycles. The van der Waals surface area contributed by atoms with E-state index in [0.29, 0.717) is 28.5 Å². The van der Waals surface area contributed by atoms with E-state index in [2.05, 4.69) is 20.0 Å². The van der Waals surface area contributed by atoms with E-state index in [1.54, 1.807) is 30.5 Å². The fourth-order valence-electron chi connectivity index (χ4n) is 2.89. The second kappa shape index (κ2) is 7.08. The highest BCUT2D eigenvalue weighted by Gasteiger charge is 2.23. The third-order valence-corrected chi connectivity index (χ3v) is 6.71. The number of thiazole rings is 1. The maximum Gasteiger partial charge on any atom is 0.245 e. The summed E-state index contributed by atoms with van der Waals surface area (Å²) in [6.07, 6.45) is 0.411. The maximum absolute atomic E-state index is 13.4. The van der Waals surface area contributed by atoms with E-state index in [1.807, 2.05) is 5.38 Å². The fourth-order valence-corrected chi connectivity index (χ4v) is 5.10. The molecule has 11 heteroatoms. The molecule has 0 aliphatic rings. The van der Waals surface area contributed by atoms with Crippen LogP contribution in [0.3, 0.4) is 0 Å². The summed E-state index contributed by atoms with van der Waals surface area (Å²) >= 11 is 1.39. The Morgan fingerprint density at radius 1 is 1.32 bits per heavy atom. The van der Waals surface area contributed by atoms with Crippen LogP contribution in [0.4, 0.5) is 4.39 Å². The van der Waals surface area contributed by atoms with Crippen LogP contribution in [0.1, 0.15) is 17.1 Å². The van der Waals surface area contributed by atoms with Crippen molar-refractivity contribution in [1.82, 2.24) is 24.5 Å². The Hall–Kier alpha value is -2.63. The van der Waals surface area contributed by atoms with Crippen LogP contribution in [0.15, 0.2) is 39.1 Å². The van der Waals surface area contributed by atoms with Gasteiger partial charge in [-0.1, -0.05) is 17.3 Å². The Balaban J connectivity index is 1.51. The molecule has 8 nitrogen and oxygen atoms in total. The zero-order chi connectivity index (χ0) is 19.9. The van der Waals surface area contributed by atoms with Crippen molar-refractivity contribution in [3.63, 3.8) is 0 Å². The summed E-state index contributed by atoms with van der Waals surface area (Å²) in [4.78, 5) is 5.13. The predicted octanol–water partition coefficient (Wildman–Crippen LogP) is 2.72. The molecule has 4 rings (SSSR count). The lowest BCUT2D eigenvalue weighted by Crippen LogP contribution is -2.27. The molecule has 28 heavy (non-hydrogen) atoms. The van der Waals surface area contributed by atoms with Crippen molar-refractivity contribution in [2.45, 2.75) is 25.2 Å². The minimum Gasteiger partial charge on any atom is -0.360 e. The van der Waals surface area contributed by atoms with Crippen LogP contribution in [0.25, 0.3) is 16.3 Å². The van der Waals surface area contributed by atoms with Gasteiger partial charge in [-0.05, 0) is 26.0 Å². The molecule has 0 spiro atoms. The molecule has 1 N–H and O–H groups in total. The standard InChI is InChI=1S/C17H16FN5O3S2/c1-10-15(11(2)26-22-10)28(24,25)19-7-6-14-9-27-17-20-16(21-23(14)17)12-4-3-5-13(18)8-12/h3-5,8-9,19H,6-7H2,1-2H3. The third kappa shape index (κ3) is 3.43. The van der Waals surface area contributed by atoms with E-state index >= 15 is 0 Å². The highest BCUT2D eigenvalue weighted by atomic mass is 32.2. The van der Waals surface area contributed by atoms with Gasteiger partial charge in [-0.3, -0.25) is 0 Å². The lowest BCUT2D eigenvalue weighted by atomic mass is 10.2. The van der Waals surface area contributed by atoms with Gasteiger partial charge in [0.2, 0.25) is 15.0 Å². The van der Waals surface area contributed by atoms with Gasteiger partial charge < -0.3 is 4.52 Å². The van der Waals surface area contributed by atoms with Crippen LogP contribution < -0.4 is 4.72 Å². The highest BCUT2D eigenvalue weighted by Crippen LogP contribution is 2.22. The van der Waals surface area contributed by atoms with Crippen LogP contribution >= 0.6 is 11.3 Å². The van der Waals surface area contributed by atoms with Crippen molar-refractivity contribution in [2.24, 2.45) is 0 Å². The highest BCUT2D eigenvalue weighted by molar-refractivity contribution is 7.89. The van der Waals surface area contributed by atoms with Crippen LogP contribution in [0.5, 0.6) is 0 Å². The smallest absolute Gasteiger partial charge is 0.245 e. The van der Waals surface area contributed by atoms with Gasteiger partial charge in [0.25, 0.3) is 0 Å². The van der Waals surface area contributed by atoms with E-state index in [9.17, 15) is 12.8 Å². The number of aromatic nitrogens is 4. The first-order valence-electron chi connectivity index (χ1n) is 8.37. The Morgan fingerprint density at radius 3 is 2.86 bits per heavy atom. The molecule has 4 aromatic rings. The quantitative estimate of drug-likeness (QED) is 0.514. The lowest BCUT2D eigenvalue weighted by molar-refractivity contribution is 0.390. The zero-order valence-corrected chi connectivity index (χ0v) is 16.6. The Bertz CT molecular complexity index is 1240. The number of hydrogen-bond acceptors (Lipinski definition) is 7. The topological polar surface area (TPSA) is 102 Å². The van der Waals surface area contributed by atoms with Crippen molar-refractivity contribution in [2.75, 3.05) is 6.54 Å². The lowest BCUT2D eigenvalue weighted by Gasteiger charge is -2.05. The summed E-state index contributed by atoms with van der Waals surface area (Å²) in [5, 5.41) is 9.97. The maximum atomic E-state index is 13.4. The summed E-state index contributed by atoms with van der Waals surface area (Å²) < 4.78 is 47.5. The van der Waals surface area contributed by atoms with Crippen molar-refractivity contribution < 1.29 is 17.3 Å². The third-order valence-electron chi connectivity index (χ3n) is 4.14. The number of nitrogens with zero attached hydrogens (tertiary/aromatic N) is 4. The van der Waals surface area contributed by atoms with Crippen LogP contribution in [-0.2, 0) is 16.4 Å². The zero-order valence-electron chi connectivity index (χ0n) is 15.0. The average molecular weight is 421 g/mol. The first kappa shape index (κ1) is 18.7. The van der Waals surface area contributed by atoms with Gasteiger partial charge in [-0.15, -0.1) is 16.4 Å². The molecular weight excluding hydrogens is 405 g/mol. The monoisotopic (exact) mass is 421 g/mol. The molecule has 0 amide bonds. The van der Waals surface area contributed by atoms with E-state index in [-0.39, 0.29) is 23.0 Å². The summed E-state index contributed by atoms with van der Waals surface area (Å²) in [6, 6.07) is 6.07. The van der Waals surface area contributed by atoms with Gasteiger partial charge in [0.1, 0.15) is 16.4 Å². The first-order chi connectivity index (χ1) is 13.3. The van der Waals surface area contributed by atoms with Crippen molar-refractivity contribution in [1.29, 1.82) is 0 Å². The second-order valence-electron chi connectivity index (χ2n) is 6.17. The largest absolute Gasteiger partial charge is 0.360 e. The first-order valence-corrected chi connectivity index (χ1v) is 10.7. The van der Waals surface area contributed by atoms with E-state index in [1.165, 1.54) is 23.5 Å². The van der Waals surface area contributed by atoms with Crippen molar-refractivity contribution in [3.05, 3.63) is 52.6 Å². The molecule has 0 fully saturated rings. The minimum absolute atomic E-state index is 0.0668. The van der Waals surface area contributed by atoms with E-state index < -0.39 is 10.0 Å². The number of hydrogen-bond donors (Lipinski definition) is 1. The minimum atomic E-state index is -3.72. The molecule has 0 saturated carbocycles. The Kier molecular flexibility index (Phi) is 4.73.